The number of thioether (sulfide) groups is 1. The van der Waals surface area contributed by atoms with Crippen LogP contribution in [0.3, 0.4) is 0 Å². The summed E-state index contributed by atoms with van der Waals surface area (Å²) in [6.45, 7) is 1.70. The van der Waals surface area contributed by atoms with Crippen molar-refractivity contribution in [3.63, 3.8) is 0 Å². The summed E-state index contributed by atoms with van der Waals surface area (Å²) < 4.78 is 0. The van der Waals surface area contributed by atoms with Gasteiger partial charge in [0, 0.05) is 11.8 Å². The van der Waals surface area contributed by atoms with E-state index in [1.807, 2.05) is 17.8 Å². The quantitative estimate of drug-likeness (QED) is 0.697. The minimum absolute atomic E-state index is 0.00597. The van der Waals surface area contributed by atoms with E-state index in [9.17, 15) is 4.79 Å². The first kappa shape index (κ1) is 12.1. The summed E-state index contributed by atoms with van der Waals surface area (Å²) in [5.41, 5.74) is 1.12. The van der Waals surface area contributed by atoms with Crippen molar-refractivity contribution < 1.29 is 4.79 Å². The second-order valence-electron chi connectivity index (χ2n) is 5.28. The van der Waals surface area contributed by atoms with Crippen LogP contribution < -0.4 is 4.90 Å². The van der Waals surface area contributed by atoms with Crippen LogP contribution in [0.5, 0.6) is 0 Å². The number of carbonyl (C=O) groups is 1. The molecule has 1 aliphatic carbocycles. The fourth-order valence-corrected chi connectivity index (χ4v) is 4.89. The van der Waals surface area contributed by atoms with E-state index in [2.05, 4.69) is 23.1 Å². The van der Waals surface area contributed by atoms with Crippen molar-refractivity contribution in [2.45, 2.75) is 55.2 Å². The normalized spacial score (nSPS) is 21.7. The number of amides is 1. The molecule has 0 unspecified atom stereocenters. The van der Waals surface area contributed by atoms with Crippen molar-refractivity contribution >= 4 is 23.4 Å². The molecule has 96 valence electrons. The van der Waals surface area contributed by atoms with Crippen molar-refractivity contribution in [1.82, 2.24) is 0 Å². The Kier molecular flexibility index (Phi) is 3.10. The molecule has 1 fully saturated rings. The maximum Gasteiger partial charge on any atom is 0.225 e. The summed E-state index contributed by atoms with van der Waals surface area (Å²) in [5, 5.41) is 0. The van der Waals surface area contributed by atoms with Crippen LogP contribution in [-0.2, 0) is 4.79 Å². The summed E-state index contributed by atoms with van der Waals surface area (Å²) in [4.78, 5) is 15.5. The Balaban J connectivity index is 2.04. The van der Waals surface area contributed by atoms with Gasteiger partial charge in [0.05, 0.1) is 10.6 Å². The smallest absolute Gasteiger partial charge is 0.225 e. The lowest BCUT2D eigenvalue weighted by Gasteiger charge is -2.36. The number of fused-ring (bicyclic) bond motifs is 1. The molecule has 0 bridgehead atoms. The van der Waals surface area contributed by atoms with E-state index in [1.165, 1.54) is 30.6 Å². The molecule has 0 atom stereocenters. The third-order valence-corrected chi connectivity index (χ3v) is 5.55. The molecule has 1 amide bonds. The molecule has 0 radical (unpaired) electrons. The predicted molar refractivity (Wildman–Crippen MR) is 75.9 cm³/mol. The molecule has 1 heterocycles. The molecular formula is C15H19NOS. The van der Waals surface area contributed by atoms with Gasteiger partial charge >= 0.3 is 0 Å². The van der Waals surface area contributed by atoms with Crippen LogP contribution in [0.2, 0.25) is 0 Å². The number of hydrogen-bond acceptors (Lipinski definition) is 2. The SMILES string of the molecule is CC(=O)N1c2ccccc2SC12CCCCCC2. The number of para-hydroxylation sites is 1. The molecule has 18 heavy (non-hydrogen) atoms. The maximum absolute atomic E-state index is 12.1. The van der Waals surface area contributed by atoms with Gasteiger partial charge in [0.1, 0.15) is 0 Å². The zero-order chi connectivity index (χ0) is 12.6. The molecule has 0 N–H and O–H groups in total. The van der Waals surface area contributed by atoms with Gasteiger partial charge in [-0.2, -0.15) is 0 Å². The Labute approximate surface area is 113 Å². The van der Waals surface area contributed by atoms with Crippen molar-refractivity contribution in [1.29, 1.82) is 0 Å². The Morgan fingerprint density at radius 2 is 1.83 bits per heavy atom. The third kappa shape index (κ3) is 1.85. The minimum Gasteiger partial charge on any atom is -0.296 e. The lowest BCUT2D eigenvalue weighted by molar-refractivity contribution is -0.117. The van der Waals surface area contributed by atoms with Crippen LogP contribution in [0.25, 0.3) is 0 Å². The van der Waals surface area contributed by atoms with E-state index < -0.39 is 0 Å². The number of carbonyl (C=O) groups excluding carboxylic acids is 1. The van der Waals surface area contributed by atoms with Crippen molar-refractivity contribution in [2.24, 2.45) is 0 Å². The Morgan fingerprint density at radius 1 is 1.17 bits per heavy atom. The van der Waals surface area contributed by atoms with Crippen molar-refractivity contribution in [3.8, 4) is 0 Å². The van der Waals surface area contributed by atoms with Gasteiger partial charge in [0.2, 0.25) is 5.91 Å². The van der Waals surface area contributed by atoms with Gasteiger partial charge in [-0.05, 0) is 25.0 Å². The fourth-order valence-electron chi connectivity index (χ4n) is 3.26. The molecule has 1 saturated carbocycles. The largest absolute Gasteiger partial charge is 0.296 e. The highest BCUT2D eigenvalue weighted by Gasteiger charge is 2.46. The number of nitrogens with zero attached hydrogens (tertiary/aromatic N) is 1. The van der Waals surface area contributed by atoms with Gasteiger partial charge in [-0.1, -0.05) is 49.6 Å². The van der Waals surface area contributed by atoms with E-state index >= 15 is 0 Å². The van der Waals surface area contributed by atoms with Gasteiger partial charge in [0.25, 0.3) is 0 Å². The van der Waals surface area contributed by atoms with Crippen LogP contribution in [-0.4, -0.2) is 10.8 Å². The van der Waals surface area contributed by atoms with E-state index in [-0.39, 0.29) is 10.8 Å². The highest BCUT2D eigenvalue weighted by atomic mass is 32.2. The van der Waals surface area contributed by atoms with Crippen LogP contribution in [0.15, 0.2) is 29.2 Å². The van der Waals surface area contributed by atoms with E-state index in [4.69, 9.17) is 0 Å². The second-order valence-corrected chi connectivity index (χ2v) is 6.69. The van der Waals surface area contributed by atoms with Crippen LogP contribution in [0, 0.1) is 0 Å². The first-order valence-electron chi connectivity index (χ1n) is 6.82. The highest BCUT2D eigenvalue weighted by Crippen LogP contribution is 2.55. The summed E-state index contributed by atoms with van der Waals surface area (Å²) in [6, 6.07) is 8.34. The molecule has 3 rings (SSSR count). The lowest BCUT2D eigenvalue weighted by Crippen LogP contribution is -2.45. The maximum atomic E-state index is 12.1. The number of rotatable bonds is 0. The molecular weight excluding hydrogens is 242 g/mol. The highest BCUT2D eigenvalue weighted by molar-refractivity contribution is 8.01. The molecule has 1 aromatic rings. The fraction of sp³-hybridized carbons (Fsp3) is 0.533. The molecule has 1 aromatic carbocycles. The number of benzene rings is 1. The van der Waals surface area contributed by atoms with Crippen LogP contribution >= 0.6 is 11.8 Å². The summed E-state index contributed by atoms with van der Waals surface area (Å²) >= 11 is 1.91. The Bertz CT molecular complexity index is 463. The van der Waals surface area contributed by atoms with E-state index in [1.54, 1.807) is 6.92 Å². The topological polar surface area (TPSA) is 20.3 Å². The molecule has 1 spiro atoms. The molecule has 0 aromatic heterocycles. The zero-order valence-electron chi connectivity index (χ0n) is 10.8. The van der Waals surface area contributed by atoms with Crippen LogP contribution in [0.4, 0.5) is 5.69 Å². The molecule has 2 nitrogen and oxygen atoms in total. The average Bonchev–Trinajstić information content (AvgIpc) is 2.49. The summed E-state index contributed by atoms with van der Waals surface area (Å²) in [5.74, 6) is 0.189. The summed E-state index contributed by atoms with van der Waals surface area (Å²) in [7, 11) is 0. The van der Waals surface area contributed by atoms with Gasteiger partial charge < -0.3 is 0 Å². The standard InChI is InChI=1S/C15H19NOS/c1-12(17)16-13-8-4-5-9-14(13)18-15(16)10-6-2-3-7-11-15/h4-5,8-9H,2-3,6-7,10-11H2,1H3. The third-order valence-electron chi connectivity index (χ3n) is 4.01. The second kappa shape index (κ2) is 4.61. The van der Waals surface area contributed by atoms with Crippen molar-refractivity contribution in [3.05, 3.63) is 24.3 Å². The van der Waals surface area contributed by atoms with Crippen LogP contribution in [0.1, 0.15) is 45.4 Å². The van der Waals surface area contributed by atoms with Gasteiger partial charge in [-0.25, -0.2) is 0 Å². The molecule has 0 saturated heterocycles. The van der Waals surface area contributed by atoms with Gasteiger partial charge in [-0.15, -0.1) is 0 Å². The number of anilines is 1. The Hall–Kier alpha value is -0.960. The van der Waals surface area contributed by atoms with E-state index in [0.717, 1.165) is 18.5 Å². The van der Waals surface area contributed by atoms with Crippen molar-refractivity contribution in [2.75, 3.05) is 4.90 Å². The lowest BCUT2D eigenvalue weighted by atomic mass is 10.1. The summed E-state index contributed by atoms with van der Waals surface area (Å²) in [6.07, 6.45) is 7.36. The predicted octanol–water partition coefficient (Wildman–Crippen LogP) is 4.20. The van der Waals surface area contributed by atoms with Gasteiger partial charge in [-0.3, -0.25) is 9.69 Å². The monoisotopic (exact) mass is 261 g/mol. The first-order chi connectivity index (χ1) is 8.73. The number of hydrogen-bond donors (Lipinski definition) is 0. The molecule has 3 heteroatoms. The Morgan fingerprint density at radius 3 is 2.50 bits per heavy atom. The zero-order valence-corrected chi connectivity index (χ0v) is 11.6. The minimum atomic E-state index is 0.00597. The first-order valence-corrected chi connectivity index (χ1v) is 7.63. The molecule has 1 aliphatic heterocycles. The van der Waals surface area contributed by atoms with E-state index in [0.29, 0.717) is 0 Å². The average molecular weight is 261 g/mol. The molecule has 2 aliphatic rings. The van der Waals surface area contributed by atoms with Gasteiger partial charge in [0.15, 0.2) is 0 Å².